The van der Waals surface area contributed by atoms with Gasteiger partial charge >= 0.3 is 0 Å². The first-order valence-corrected chi connectivity index (χ1v) is 12.3. The number of nitrogens with zero attached hydrogens (tertiary/aromatic N) is 3. The highest BCUT2D eigenvalue weighted by Gasteiger charge is 2.27. The van der Waals surface area contributed by atoms with Gasteiger partial charge in [-0.05, 0) is 63.6 Å². The molecule has 1 aliphatic carbocycles. The van der Waals surface area contributed by atoms with Crippen LogP contribution in [0.4, 0.5) is 21.7 Å². The summed E-state index contributed by atoms with van der Waals surface area (Å²) in [6, 6.07) is 2.62. The van der Waals surface area contributed by atoms with Crippen LogP contribution in [0.1, 0.15) is 80.9 Å². The number of carbonyl (C=O) groups is 2. The Labute approximate surface area is 214 Å². The van der Waals surface area contributed by atoms with E-state index in [0.717, 1.165) is 42.8 Å². The van der Waals surface area contributed by atoms with E-state index >= 15 is 0 Å². The molecular weight excluding hydrogens is 461 g/mol. The van der Waals surface area contributed by atoms with Gasteiger partial charge in [0, 0.05) is 26.2 Å². The minimum Gasteiger partial charge on any atom is -0.390 e. The Kier molecular flexibility index (Phi) is 12.5. The Bertz CT molecular complexity index is 1010. The van der Waals surface area contributed by atoms with E-state index < -0.39 is 11.7 Å². The van der Waals surface area contributed by atoms with Crippen LogP contribution < -0.4 is 16.0 Å². The first kappa shape index (κ1) is 31.0. The highest BCUT2D eigenvalue weighted by molar-refractivity contribution is 5.94. The van der Waals surface area contributed by atoms with Gasteiger partial charge < -0.3 is 25.9 Å². The van der Waals surface area contributed by atoms with Crippen LogP contribution in [0.15, 0.2) is 18.3 Å². The number of hydrogen-bond acceptors (Lipinski definition) is 7. The summed E-state index contributed by atoms with van der Waals surface area (Å²) >= 11 is 0. The van der Waals surface area contributed by atoms with Crippen molar-refractivity contribution in [3.63, 3.8) is 0 Å². The fraction of sp³-hybridized carbons (Fsp3) is 0.556. The molecule has 0 bridgehead atoms. The van der Waals surface area contributed by atoms with E-state index in [1.54, 1.807) is 13.1 Å². The van der Waals surface area contributed by atoms with E-state index in [0.29, 0.717) is 23.6 Å². The normalized spacial score (nSPS) is 18.6. The van der Waals surface area contributed by atoms with Crippen LogP contribution in [0.25, 0.3) is 0 Å². The Morgan fingerprint density at radius 2 is 2.03 bits per heavy atom. The molecule has 1 fully saturated rings. The summed E-state index contributed by atoms with van der Waals surface area (Å²) in [5, 5.41) is 12.5. The Morgan fingerprint density at radius 1 is 1.36 bits per heavy atom. The number of unbranched alkanes of at least 4 members (excludes halogenated alkanes) is 1. The SMILES string of the molecule is CC1CCCC(C)(O)C1.CCCC=O.Cc1cc(C(N)=O)c(F)cc1Nc1ncc(N(C)C)c(C)n1. The number of benzene rings is 1. The number of aromatic nitrogens is 2. The second kappa shape index (κ2) is 14.5. The van der Waals surface area contributed by atoms with Gasteiger partial charge in [0.2, 0.25) is 5.95 Å². The largest absolute Gasteiger partial charge is 0.390 e. The predicted octanol–water partition coefficient (Wildman–Crippen LogP) is 5.07. The fourth-order valence-electron chi connectivity index (χ4n) is 3.99. The van der Waals surface area contributed by atoms with E-state index in [1.165, 1.54) is 25.0 Å². The number of hydrogen-bond donors (Lipinski definition) is 3. The molecule has 0 spiro atoms. The first-order valence-electron chi connectivity index (χ1n) is 12.3. The van der Waals surface area contributed by atoms with Crippen molar-refractivity contribution >= 4 is 29.5 Å². The number of nitrogens with one attached hydrogen (secondary N) is 1. The molecule has 1 saturated carbocycles. The summed E-state index contributed by atoms with van der Waals surface area (Å²) in [4.78, 5) is 31.0. The topological polar surface area (TPSA) is 121 Å². The number of carbonyl (C=O) groups excluding carboxylic acids is 2. The maximum atomic E-state index is 13.8. The molecule has 2 unspecified atom stereocenters. The lowest BCUT2D eigenvalue weighted by atomic mass is 9.80. The monoisotopic (exact) mass is 503 g/mol. The molecule has 200 valence electrons. The van der Waals surface area contributed by atoms with E-state index in [1.807, 2.05) is 39.8 Å². The summed E-state index contributed by atoms with van der Waals surface area (Å²) in [6.07, 6.45) is 8.80. The average Bonchev–Trinajstić information content (AvgIpc) is 2.76. The van der Waals surface area contributed by atoms with Gasteiger partial charge in [0.1, 0.15) is 12.1 Å². The lowest BCUT2D eigenvalue weighted by molar-refractivity contribution is -0.107. The molecule has 3 rings (SSSR count). The molecular formula is C27H42FN5O3. The number of aryl methyl sites for hydroxylation is 2. The third kappa shape index (κ3) is 10.3. The highest BCUT2D eigenvalue weighted by Crippen LogP contribution is 2.31. The molecule has 2 atom stereocenters. The molecule has 0 radical (unpaired) electrons. The van der Waals surface area contributed by atoms with Crippen LogP contribution in [0.2, 0.25) is 0 Å². The first-order chi connectivity index (χ1) is 16.8. The zero-order valence-electron chi connectivity index (χ0n) is 22.7. The molecule has 4 N–H and O–H groups in total. The zero-order valence-corrected chi connectivity index (χ0v) is 22.7. The van der Waals surface area contributed by atoms with E-state index in [2.05, 4.69) is 22.2 Å². The fourth-order valence-corrected chi connectivity index (χ4v) is 3.99. The number of aliphatic hydroxyl groups is 1. The summed E-state index contributed by atoms with van der Waals surface area (Å²) in [5.41, 5.74) is 7.50. The van der Waals surface area contributed by atoms with E-state index in [-0.39, 0.29) is 11.2 Å². The number of aldehydes is 1. The van der Waals surface area contributed by atoms with Gasteiger partial charge in [0.05, 0.1) is 28.7 Å². The van der Waals surface area contributed by atoms with Crippen molar-refractivity contribution in [2.24, 2.45) is 11.7 Å². The molecule has 36 heavy (non-hydrogen) atoms. The molecule has 1 aliphatic rings. The minimum atomic E-state index is -0.797. The summed E-state index contributed by atoms with van der Waals surface area (Å²) in [6.45, 7) is 9.76. The van der Waals surface area contributed by atoms with Crippen molar-refractivity contribution in [1.82, 2.24) is 9.97 Å². The number of amides is 1. The van der Waals surface area contributed by atoms with Crippen LogP contribution in [-0.2, 0) is 4.79 Å². The van der Waals surface area contributed by atoms with E-state index in [9.17, 15) is 19.1 Å². The van der Waals surface area contributed by atoms with Crippen LogP contribution in [0, 0.1) is 25.6 Å². The zero-order chi connectivity index (χ0) is 27.5. The summed E-state index contributed by atoms with van der Waals surface area (Å²) < 4.78 is 13.8. The molecule has 1 aromatic heterocycles. The van der Waals surface area contributed by atoms with Gasteiger partial charge in [-0.15, -0.1) is 0 Å². The maximum Gasteiger partial charge on any atom is 0.251 e. The summed E-state index contributed by atoms with van der Waals surface area (Å²) in [7, 11) is 3.81. The molecule has 0 saturated heterocycles. The standard InChI is InChI=1S/C15H18FN5O.C8H16O.C4H8O/c1-8-5-10(14(17)22)11(16)6-12(8)20-15-18-7-13(21(3)4)9(2)19-15;1-7-4-3-5-8(2,9)6-7;1-2-3-4-5/h5-7H,1-4H3,(H2,17,22)(H,18,19,20);7,9H,3-6H2,1-2H3;4H,2-3H2,1H3. The van der Waals surface area contributed by atoms with Crippen molar-refractivity contribution < 1.29 is 19.1 Å². The van der Waals surface area contributed by atoms with Gasteiger partial charge in [-0.2, -0.15) is 0 Å². The van der Waals surface area contributed by atoms with Crippen molar-refractivity contribution in [2.45, 2.75) is 78.7 Å². The minimum absolute atomic E-state index is 0.136. The quantitative estimate of drug-likeness (QED) is 0.470. The highest BCUT2D eigenvalue weighted by atomic mass is 19.1. The van der Waals surface area contributed by atoms with Crippen LogP contribution >= 0.6 is 0 Å². The smallest absolute Gasteiger partial charge is 0.251 e. The van der Waals surface area contributed by atoms with Gasteiger partial charge in [-0.1, -0.05) is 26.7 Å². The second-order valence-electron chi connectivity index (χ2n) is 9.85. The van der Waals surface area contributed by atoms with Crippen molar-refractivity contribution in [3.05, 3.63) is 41.0 Å². The number of rotatable bonds is 6. The molecule has 1 aromatic carbocycles. The van der Waals surface area contributed by atoms with Gasteiger partial charge in [-0.25, -0.2) is 14.4 Å². The van der Waals surface area contributed by atoms with Crippen LogP contribution in [0.3, 0.4) is 0 Å². The predicted molar refractivity (Wildman–Crippen MR) is 143 cm³/mol. The average molecular weight is 504 g/mol. The van der Waals surface area contributed by atoms with Crippen LogP contribution in [0.5, 0.6) is 0 Å². The van der Waals surface area contributed by atoms with Crippen molar-refractivity contribution in [1.29, 1.82) is 0 Å². The number of anilines is 3. The Balaban J connectivity index is 0.000000379. The second-order valence-corrected chi connectivity index (χ2v) is 9.85. The molecule has 1 heterocycles. The third-order valence-electron chi connectivity index (χ3n) is 5.87. The van der Waals surface area contributed by atoms with Crippen molar-refractivity contribution in [3.8, 4) is 0 Å². The van der Waals surface area contributed by atoms with Gasteiger partial charge in [-0.3, -0.25) is 4.79 Å². The molecule has 8 nitrogen and oxygen atoms in total. The van der Waals surface area contributed by atoms with Crippen molar-refractivity contribution in [2.75, 3.05) is 24.3 Å². The Morgan fingerprint density at radius 3 is 2.44 bits per heavy atom. The molecule has 0 aliphatic heterocycles. The number of nitrogens with two attached hydrogens (primary N) is 1. The summed E-state index contributed by atoms with van der Waals surface area (Å²) in [5.74, 6) is -0.386. The van der Waals surface area contributed by atoms with Gasteiger partial charge in [0.25, 0.3) is 5.91 Å². The van der Waals surface area contributed by atoms with E-state index in [4.69, 9.17) is 5.73 Å². The Hall–Kier alpha value is -3.07. The lowest BCUT2D eigenvalue weighted by Crippen LogP contribution is -2.30. The lowest BCUT2D eigenvalue weighted by Gasteiger charge is -2.31. The molecule has 2 aromatic rings. The van der Waals surface area contributed by atoms with Gasteiger partial charge in [0.15, 0.2) is 0 Å². The molecule has 9 heteroatoms. The number of halogens is 1. The third-order valence-corrected chi connectivity index (χ3v) is 5.87. The maximum absolute atomic E-state index is 13.8. The van der Waals surface area contributed by atoms with Crippen LogP contribution in [-0.4, -0.2) is 47.0 Å². The number of primary amides is 1. The molecule has 1 amide bonds.